The van der Waals surface area contributed by atoms with Gasteiger partial charge in [-0.2, -0.15) is 0 Å². The second kappa shape index (κ2) is 4.23. The maximum atomic E-state index is 10.3. The molecule has 4 heteroatoms. The lowest BCUT2D eigenvalue weighted by molar-refractivity contribution is -0.105. The van der Waals surface area contributed by atoms with Crippen molar-refractivity contribution in [1.29, 1.82) is 0 Å². The summed E-state index contributed by atoms with van der Waals surface area (Å²) in [6, 6.07) is 0. The van der Waals surface area contributed by atoms with E-state index < -0.39 is 0 Å². The van der Waals surface area contributed by atoms with Crippen molar-refractivity contribution in [3.05, 3.63) is 24.2 Å². The average Bonchev–Trinajstić information content (AvgIpc) is 2.16. The quantitative estimate of drug-likeness (QED) is 0.347. The molecule has 0 aromatic rings. The fourth-order valence-corrected chi connectivity index (χ4v) is 0.761. The van der Waals surface area contributed by atoms with Gasteiger partial charge in [-0.15, -0.1) is 0 Å². The topological polar surface area (TPSA) is 45.0 Å². The van der Waals surface area contributed by atoms with Gasteiger partial charge in [0.1, 0.15) is 12.4 Å². The summed E-state index contributed by atoms with van der Waals surface area (Å²) in [5.74, 6) is 0. The van der Waals surface area contributed by atoms with E-state index in [9.17, 15) is 4.79 Å². The van der Waals surface area contributed by atoms with Crippen LogP contribution < -0.4 is 0 Å². The van der Waals surface area contributed by atoms with E-state index in [-0.39, 0.29) is 0 Å². The van der Waals surface area contributed by atoms with Crippen LogP contribution in [0.25, 0.3) is 0 Å². The van der Waals surface area contributed by atoms with Crippen LogP contribution in [0.1, 0.15) is 0 Å². The van der Waals surface area contributed by atoms with E-state index in [1.807, 2.05) is 6.20 Å². The van der Waals surface area contributed by atoms with E-state index in [0.29, 0.717) is 18.7 Å². The predicted molar refractivity (Wildman–Crippen MR) is 48.0 cm³/mol. The van der Waals surface area contributed by atoms with Crippen LogP contribution in [0, 0.1) is 0 Å². The van der Waals surface area contributed by atoms with Crippen molar-refractivity contribution in [2.75, 3.05) is 6.67 Å². The van der Waals surface area contributed by atoms with Gasteiger partial charge in [0.2, 0.25) is 0 Å². The summed E-state index contributed by atoms with van der Waals surface area (Å²) in [7, 11) is 0. The first kappa shape index (κ1) is 8.39. The van der Waals surface area contributed by atoms with Crippen LogP contribution in [0.2, 0.25) is 0 Å². The summed E-state index contributed by atoms with van der Waals surface area (Å²) in [6.07, 6.45) is 7.53. The number of nitrogens with zero attached hydrogens (tertiary/aromatic N) is 3. The Kier molecular flexibility index (Phi) is 2.95. The van der Waals surface area contributed by atoms with Crippen LogP contribution in [0.15, 0.2) is 34.2 Å². The van der Waals surface area contributed by atoms with E-state index in [4.69, 9.17) is 0 Å². The number of carbonyl (C=O) groups excluding carboxylic acids is 1. The number of aliphatic imine (C=N–C) groups is 2. The number of allylic oxidation sites excluding steroid dienone is 2. The third kappa shape index (κ3) is 2.16. The largest absolute Gasteiger partial charge is 0.332 e. The molecule has 0 spiro atoms. The van der Waals surface area contributed by atoms with Gasteiger partial charge in [0.05, 0.1) is 0 Å². The second-order valence-corrected chi connectivity index (χ2v) is 2.16. The van der Waals surface area contributed by atoms with E-state index in [0.717, 1.165) is 0 Å². The van der Waals surface area contributed by atoms with Crippen LogP contribution in [0.3, 0.4) is 0 Å². The molecule has 0 atom stereocenters. The lowest BCUT2D eigenvalue weighted by Gasteiger charge is -2.14. The lowest BCUT2D eigenvalue weighted by Crippen LogP contribution is -2.13. The SMILES string of the molecule is C=N/C(C=O)=C\N1C=CC=NC1. The molecule has 0 aliphatic carbocycles. The fourth-order valence-electron chi connectivity index (χ4n) is 0.761. The molecule has 0 aromatic carbocycles. The van der Waals surface area contributed by atoms with Crippen molar-refractivity contribution in [2.45, 2.75) is 0 Å². The molecule has 12 heavy (non-hydrogen) atoms. The van der Waals surface area contributed by atoms with Gasteiger partial charge < -0.3 is 4.90 Å². The molecule has 0 unspecified atom stereocenters. The predicted octanol–water partition coefficient (Wildman–Crippen LogP) is 0.585. The Hall–Kier alpha value is -1.71. The monoisotopic (exact) mass is 163 g/mol. The van der Waals surface area contributed by atoms with Gasteiger partial charge >= 0.3 is 0 Å². The smallest absolute Gasteiger partial charge is 0.169 e. The van der Waals surface area contributed by atoms with Crippen LogP contribution in [0.4, 0.5) is 0 Å². The normalized spacial score (nSPS) is 16.3. The van der Waals surface area contributed by atoms with Crippen molar-refractivity contribution in [1.82, 2.24) is 4.90 Å². The first-order valence-corrected chi connectivity index (χ1v) is 3.43. The summed E-state index contributed by atoms with van der Waals surface area (Å²) < 4.78 is 0. The van der Waals surface area contributed by atoms with Gasteiger partial charge in [-0.3, -0.25) is 14.8 Å². The Morgan fingerprint density at radius 2 is 2.58 bits per heavy atom. The van der Waals surface area contributed by atoms with E-state index >= 15 is 0 Å². The second-order valence-electron chi connectivity index (χ2n) is 2.16. The summed E-state index contributed by atoms with van der Waals surface area (Å²) in [6.45, 7) is 3.78. The maximum absolute atomic E-state index is 10.3. The van der Waals surface area contributed by atoms with Crippen molar-refractivity contribution >= 4 is 19.2 Å². The van der Waals surface area contributed by atoms with E-state index in [1.165, 1.54) is 0 Å². The summed E-state index contributed by atoms with van der Waals surface area (Å²) in [5.41, 5.74) is 0.303. The molecule has 1 heterocycles. The molecule has 0 amide bonds. The summed E-state index contributed by atoms with van der Waals surface area (Å²) in [4.78, 5) is 19.6. The molecule has 62 valence electrons. The van der Waals surface area contributed by atoms with Crippen molar-refractivity contribution in [3.63, 3.8) is 0 Å². The molecule has 1 aliphatic heterocycles. The molecule has 0 aromatic heterocycles. The van der Waals surface area contributed by atoms with Crippen LogP contribution >= 0.6 is 0 Å². The highest BCUT2D eigenvalue weighted by Gasteiger charge is 1.97. The Morgan fingerprint density at radius 1 is 1.75 bits per heavy atom. The average molecular weight is 163 g/mol. The number of hydrogen-bond acceptors (Lipinski definition) is 4. The van der Waals surface area contributed by atoms with Crippen molar-refractivity contribution in [3.8, 4) is 0 Å². The number of aldehydes is 1. The lowest BCUT2D eigenvalue weighted by atomic mass is 10.5. The zero-order chi connectivity index (χ0) is 8.81. The van der Waals surface area contributed by atoms with E-state index in [2.05, 4.69) is 16.7 Å². The molecule has 0 saturated carbocycles. The number of carbonyl (C=O) groups is 1. The van der Waals surface area contributed by atoms with E-state index in [1.54, 1.807) is 23.4 Å². The Balaban J connectivity index is 2.65. The first-order chi connectivity index (χ1) is 5.86. The van der Waals surface area contributed by atoms with Crippen LogP contribution in [-0.2, 0) is 4.79 Å². The fraction of sp³-hybridized carbons (Fsp3) is 0.125. The van der Waals surface area contributed by atoms with Crippen LogP contribution in [-0.4, -0.2) is 30.8 Å². The Bertz CT molecular complexity index is 255. The molecule has 0 N–H and O–H groups in total. The molecule has 0 radical (unpaired) electrons. The van der Waals surface area contributed by atoms with Gasteiger partial charge in [-0.25, -0.2) is 0 Å². The third-order valence-corrected chi connectivity index (χ3v) is 1.32. The van der Waals surface area contributed by atoms with Gasteiger partial charge in [0, 0.05) is 18.6 Å². The minimum Gasteiger partial charge on any atom is -0.332 e. The molecular weight excluding hydrogens is 154 g/mol. The highest BCUT2D eigenvalue weighted by Crippen LogP contribution is 2.00. The van der Waals surface area contributed by atoms with Crippen molar-refractivity contribution < 1.29 is 4.79 Å². The van der Waals surface area contributed by atoms with Gasteiger partial charge in [0.15, 0.2) is 6.29 Å². The van der Waals surface area contributed by atoms with Gasteiger partial charge in [0.25, 0.3) is 0 Å². The Labute approximate surface area is 70.6 Å². The summed E-state index contributed by atoms with van der Waals surface area (Å²) >= 11 is 0. The van der Waals surface area contributed by atoms with Crippen molar-refractivity contribution in [2.24, 2.45) is 9.98 Å². The third-order valence-electron chi connectivity index (χ3n) is 1.32. The molecule has 0 saturated heterocycles. The molecule has 1 aliphatic rings. The highest BCUT2D eigenvalue weighted by molar-refractivity contribution is 5.74. The zero-order valence-corrected chi connectivity index (χ0v) is 6.55. The maximum Gasteiger partial charge on any atom is 0.169 e. The van der Waals surface area contributed by atoms with Crippen LogP contribution in [0.5, 0.6) is 0 Å². The summed E-state index contributed by atoms with van der Waals surface area (Å²) in [5, 5.41) is 0. The molecule has 0 bridgehead atoms. The number of rotatable bonds is 3. The molecule has 4 nitrogen and oxygen atoms in total. The minimum atomic E-state index is 0.303. The first-order valence-electron chi connectivity index (χ1n) is 3.43. The minimum absolute atomic E-state index is 0.303. The Morgan fingerprint density at radius 3 is 3.08 bits per heavy atom. The van der Waals surface area contributed by atoms with Gasteiger partial charge in [-0.05, 0) is 12.8 Å². The molecule has 0 fully saturated rings. The molecular formula is C8H9N3O. The molecule has 1 rings (SSSR count). The van der Waals surface area contributed by atoms with Gasteiger partial charge in [-0.1, -0.05) is 0 Å². The standard InChI is InChI=1S/C8H9N3O/c1-9-8(6-12)5-11-4-2-3-10-7-11/h2-6H,1,7H2/b8-5-. The number of hydrogen-bond donors (Lipinski definition) is 0. The highest BCUT2D eigenvalue weighted by atomic mass is 16.1. The zero-order valence-electron chi connectivity index (χ0n) is 6.55.